The highest BCUT2D eigenvalue weighted by Gasteiger charge is 2.15. The molecule has 21 heavy (non-hydrogen) atoms. The molecule has 2 N–H and O–H groups in total. The highest BCUT2D eigenvalue weighted by molar-refractivity contribution is 5.83. The second-order valence-electron chi connectivity index (χ2n) is 4.63. The molecule has 0 unspecified atom stereocenters. The number of rotatable bonds is 2. The number of ether oxygens (including phenoxy) is 2. The Kier molecular flexibility index (Phi) is 2.53. The fourth-order valence-electron chi connectivity index (χ4n) is 2.15. The molecule has 0 bridgehead atoms. The molecule has 0 fully saturated rings. The Morgan fingerprint density at radius 1 is 1.05 bits per heavy atom. The van der Waals surface area contributed by atoms with Crippen LogP contribution in [0.25, 0.3) is 10.9 Å². The SMILES string of the molecule is Oc1ccc(Nc2ncc3cc4c(cc3n2)OCO4)cc1. The molecule has 1 aromatic heterocycles. The number of phenols is 1. The number of phenolic OH excluding ortho intramolecular Hbond substituents is 1. The first-order chi connectivity index (χ1) is 10.3. The summed E-state index contributed by atoms with van der Waals surface area (Å²) in [5, 5.41) is 13.2. The number of hydrogen-bond acceptors (Lipinski definition) is 6. The van der Waals surface area contributed by atoms with Crippen molar-refractivity contribution < 1.29 is 14.6 Å². The van der Waals surface area contributed by atoms with Crippen LogP contribution in [-0.4, -0.2) is 21.9 Å². The number of hydrogen-bond donors (Lipinski definition) is 2. The molecule has 2 aromatic carbocycles. The minimum absolute atomic E-state index is 0.215. The Morgan fingerprint density at radius 3 is 2.62 bits per heavy atom. The van der Waals surface area contributed by atoms with Crippen LogP contribution in [0.4, 0.5) is 11.6 Å². The highest BCUT2D eigenvalue weighted by atomic mass is 16.7. The van der Waals surface area contributed by atoms with Crippen LogP contribution in [0.2, 0.25) is 0 Å². The summed E-state index contributed by atoms with van der Waals surface area (Å²) in [5.74, 6) is 2.10. The van der Waals surface area contributed by atoms with E-state index in [2.05, 4.69) is 15.3 Å². The van der Waals surface area contributed by atoms with Crippen molar-refractivity contribution in [2.75, 3.05) is 12.1 Å². The van der Waals surface area contributed by atoms with Crippen LogP contribution in [0.15, 0.2) is 42.6 Å². The van der Waals surface area contributed by atoms with E-state index in [4.69, 9.17) is 9.47 Å². The van der Waals surface area contributed by atoms with Gasteiger partial charge in [0.05, 0.1) is 5.52 Å². The molecule has 0 saturated heterocycles. The van der Waals surface area contributed by atoms with Crippen molar-refractivity contribution in [1.82, 2.24) is 9.97 Å². The van der Waals surface area contributed by atoms with Gasteiger partial charge in [0, 0.05) is 23.3 Å². The zero-order valence-electron chi connectivity index (χ0n) is 10.9. The Morgan fingerprint density at radius 2 is 1.81 bits per heavy atom. The first-order valence-corrected chi connectivity index (χ1v) is 6.40. The summed E-state index contributed by atoms with van der Waals surface area (Å²) in [6, 6.07) is 10.4. The van der Waals surface area contributed by atoms with E-state index in [1.165, 1.54) is 0 Å². The molecule has 0 saturated carbocycles. The minimum Gasteiger partial charge on any atom is -0.508 e. The van der Waals surface area contributed by atoms with Crippen LogP contribution in [0, 0.1) is 0 Å². The molecule has 104 valence electrons. The number of fused-ring (bicyclic) bond motifs is 2. The van der Waals surface area contributed by atoms with Gasteiger partial charge in [-0.1, -0.05) is 0 Å². The Balaban J connectivity index is 1.70. The van der Waals surface area contributed by atoms with Crippen molar-refractivity contribution in [2.24, 2.45) is 0 Å². The van der Waals surface area contributed by atoms with Gasteiger partial charge in [0.2, 0.25) is 12.7 Å². The molecule has 0 radical (unpaired) electrons. The lowest BCUT2D eigenvalue weighted by molar-refractivity contribution is 0.174. The molecular formula is C15H11N3O3. The van der Waals surface area contributed by atoms with Crippen LogP contribution in [-0.2, 0) is 0 Å². The van der Waals surface area contributed by atoms with Crippen molar-refractivity contribution >= 4 is 22.5 Å². The van der Waals surface area contributed by atoms with E-state index in [0.717, 1.165) is 16.6 Å². The molecule has 0 amide bonds. The topological polar surface area (TPSA) is 76.5 Å². The predicted octanol–water partition coefficient (Wildman–Crippen LogP) is 2.81. The number of nitrogens with zero attached hydrogens (tertiary/aromatic N) is 2. The number of anilines is 2. The average Bonchev–Trinajstić information content (AvgIpc) is 2.94. The van der Waals surface area contributed by atoms with E-state index >= 15 is 0 Å². The highest BCUT2D eigenvalue weighted by Crippen LogP contribution is 2.35. The molecule has 2 heterocycles. The third-order valence-corrected chi connectivity index (χ3v) is 3.20. The van der Waals surface area contributed by atoms with E-state index in [9.17, 15) is 5.11 Å². The zero-order valence-corrected chi connectivity index (χ0v) is 10.9. The molecule has 1 aliphatic rings. The van der Waals surface area contributed by atoms with Crippen molar-refractivity contribution in [3.05, 3.63) is 42.6 Å². The Bertz CT molecular complexity index is 818. The van der Waals surface area contributed by atoms with Crippen LogP contribution in [0.1, 0.15) is 0 Å². The second kappa shape index (κ2) is 4.52. The summed E-state index contributed by atoms with van der Waals surface area (Å²) >= 11 is 0. The third-order valence-electron chi connectivity index (χ3n) is 3.20. The number of aromatic nitrogens is 2. The maximum absolute atomic E-state index is 9.27. The Labute approximate surface area is 120 Å². The molecule has 0 aliphatic carbocycles. The van der Waals surface area contributed by atoms with Gasteiger partial charge in [0.25, 0.3) is 0 Å². The minimum atomic E-state index is 0.215. The number of aromatic hydroxyl groups is 1. The quantitative estimate of drug-likeness (QED) is 0.703. The maximum atomic E-state index is 9.27. The summed E-state index contributed by atoms with van der Waals surface area (Å²) in [5.41, 5.74) is 1.57. The fourth-order valence-corrected chi connectivity index (χ4v) is 2.15. The first-order valence-electron chi connectivity index (χ1n) is 6.40. The van der Waals surface area contributed by atoms with Crippen LogP contribution >= 0.6 is 0 Å². The lowest BCUT2D eigenvalue weighted by atomic mass is 10.2. The summed E-state index contributed by atoms with van der Waals surface area (Å²) in [7, 11) is 0. The maximum Gasteiger partial charge on any atom is 0.231 e. The van der Waals surface area contributed by atoms with Crippen molar-refractivity contribution in [3.63, 3.8) is 0 Å². The van der Waals surface area contributed by atoms with Gasteiger partial charge in [-0.15, -0.1) is 0 Å². The zero-order chi connectivity index (χ0) is 14.2. The van der Waals surface area contributed by atoms with E-state index in [1.54, 1.807) is 30.5 Å². The molecule has 4 rings (SSSR count). The molecular weight excluding hydrogens is 270 g/mol. The first kappa shape index (κ1) is 11.8. The monoisotopic (exact) mass is 281 g/mol. The van der Waals surface area contributed by atoms with Gasteiger partial charge in [-0.25, -0.2) is 9.97 Å². The molecule has 0 spiro atoms. The second-order valence-corrected chi connectivity index (χ2v) is 4.63. The van der Waals surface area contributed by atoms with Gasteiger partial charge in [-0.3, -0.25) is 0 Å². The summed E-state index contributed by atoms with van der Waals surface area (Å²) < 4.78 is 10.7. The summed E-state index contributed by atoms with van der Waals surface area (Å²) in [6.07, 6.45) is 1.73. The lowest BCUT2D eigenvalue weighted by Gasteiger charge is -2.06. The lowest BCUT2D eigenvalue weighted by Crippen LogP contribution is -1.96. The van der Waals surface area contributed by atoms with Crippen LogP contribution < -0.4 is 14.8 Å². The van der Waals surface area contributed by atoms with Gasteiger partial charge in [0.15, 0.2) is 11.5 Å². The normalized spacial score (nSPS) is 12.6. The molecule has 6 nitrogen and oxygen atoms in total. The van der Waals surface area contributed by atoms with Gasteiger partial charge < -0.3 is 19.9 Å². The molecule has 0 atom stereocenters. The van der Waals surface area contributed by atoms with Gasteiger partial charge in [0.1, 0.15) is 5.75 Å². The third kappa shape index (κ3) is 2.16. The molecule has 3 aromatic rings. The molecule has 1 aliphatic heterocycles. The standard InChI is InChI=1S/C15H11N3O3/c19-11-3-1-10(2-4-11)17-15-16-7-9-5-13-14(21-8-20-13)6-12(9)18-15/h1-7,19H,8H2,(H,16,17,18). The van der Waals surface area contributed by atoms with E-state index in [0.29, 0.717) is 17.4 Å². The van der Waals surface area contributed by atoms with Gasteiger partial charge >= 0.3 is 0 Å². The van der Waals surface area contributed by atoms with E-state index in [-0.39, 0.29) is 12.5 Å². The average molecular weight is 281 g/mol. The largest absolute Gasteiger partial charge is 0.508 e. The van der Waals surface area contributed by atoms with Crippen LogP contribution in [0.5, 0.6) is 17.2 Å². The fraction of sp³-hybridized carbons (Fsp3) is 0.0667. The summed E-state index contributed by atoms with van der Waals surface area (Å²) in [6.45, 7) is 0.234. The Hall–Kier alpha value is -3.02. The van der Waals surface area contributed by atoms with Crippen molar-refractivity contribution in [1.29, 1.82) is 0 Å². The predicted molar refractivity (Wildman–Crippen MR) is 77.1 cm³/mol. The summed E-state index contributed by atoms with van der Waals surface area (Å²) in [4.78, 5) is 8.72. The molecule has 6 heteroatoms. The van der Waals surface area contributed by atoms with E-state index < -0.39 is 0 Å². The van der Waals surface area contributed by atoms with Gasteiger partial charge in [-0.05, 0) is 30.3 Å². The van der Waals surface area contributed by atoms with Gasteiger partial charge in [-0.2, -0.15) is 0 Å². The number of nitrogens with one attached hydrogen (secondary N) is 1. The number of benzene rings is 2. The smallest absolute Gasteiger partial charge is 0.231 e. The van der Waals surface area contributed by atoms with E-state index in [1.807, 2.05) is 12.1 Å². The van der Waals surface area contributed by atoms with Crippen LogP contribution in [0.3, 0.4) is 0 Å². The van der Waals surface area contributed by atoms with Crippen molar-refractivity contribution in [2.45, 2.75) is 0 Å². The van der Waals surface area contributed by atoms with Crippen molar-refractivity contribution in [3.8, 4) is 17.2 Å².